The molecule has 0 aromatic heterocycles. The van der Waals surface area contributed by atoms with Crippen LogP contribution in [0.4, 0.5) is 0 Å². The Labute approximate surface area is 79.4 Å². The highest BCUT2D eigenvalue weighted by Gasteiger charge is 2.48. The third kappa shape index (κ3) is 1.34. The van der Waals surface area contributed by atoms with Crippen molar-refractivity contribution in [1.82, 2.24) is 5.32 Å². The second-order valence-corrected chi connectivity index (χ2v) is 5.84. The van der Waals surface area contributed by atoms with Gasteiger partial charge in [0.2, 0.25) is 0 Å². The lowest BCUT2D eigenvalue weighted by atomic mass is 10.0. The van der Waals surface area contributed by atoms with E-state index in [1.807, 2.05) is 21.6 Å². The summed E-state index contributed by atoms with van der Waals surface area (Å²) in [6, 6.07) is 0. The SMILES string of the molecule is O=COC1CSSC12CCNC2. The smallest absolute Gasteiger partial charge is 0.293 e. The third-order valence-corrected chi connectivity index (χ3v) is 5.66. The van der Waals surface area contributed by atoms with Crippen molar-refractivity contribution >= 4 is 28.1 Å². The summed E-state index contributed by atoms with van der Waals surface area (Å²) in [5.74, 6) is 0.936. The Morgan fingerprint density at radius 1 is 1.67 bits per heavy atom. The number of carbonyl (C=O) groups excluding carboxylic acids is 1. The maximum atomic E-state index is 10.2. The number of carbonyl (C=O) groups is 1. The van der Waals surface area contributed by atoms with Crippen LogP contribution in [0.15, 0.2) is 0 Å². The van der Waals surface area contributed by atoms with Gasteiger partial charge in [-0.2, -0.15) is 0 Å². The van der Waals surface area contributed by atoms with Crippen molar-refractivity contribution in [2.24, 2.45) is 0 Å². The van der Waals surface area contributed by atoms with Gasteiger partial charge in [0.05, 0.1) is 4.75 Å². The molecule has 0 saturated carbocycles. The Hall–Kier alpha value is 0.130. The zero-order valence-corrected chi connectivity index (χ0v) is 8.25. The van der Waals surface area contributed by atoms with E-state index < -0.39 is 0 Å². The summed E-state index contributed by atoms with van der Waals surface area (Å²) in [5, 5.41) is 3.31. The van der Waals surface area contributed by atoms with Gasteiger partial charge in [-0.25, -0.2) is 0 Å². The highest BCUT2D eigenvalue weighted by atomic mass is 33.1. The predicted octanol–water partition coefficient (Wildman–Crippen LogP) is 0.655. The summed E-state index contributed by atoms with van der Waals surface area (Å²) >= 11 is 0. The molecule has 68 valence electrons. The van der Waals surface area contributed by atoms with E-state index in [0.717, 1.165) is 25.3 Å². The van der Waals surface area contributed by atoms with Crippen LogP contribution in [0.1, 0.15) is 6.42 Å². The Morgan fingerprint density at radius 3 is 3.25 bits per heavy atom. The molecule has 2 heterocycles. The van der Waals surface area contributed by atoms with E-state index in [1.54, 1.807) is 0 Å². The molecule has 2 aliphatic rings. The maximum absolute atomic E-state index is 10.2. The lowest BCUT2D eigenvalue weighted by Crippen LogP contribution is -2.40. The van der Waals surface area contributed by atoms with Gasteiger partial charge >= 0.3 is 0 Å². The van der Waals surface area contributed by atoms with E-state index in [1.165, 1.54) is 0 Å². The second-order valence-electron chi connectivity index (χ2n) is 3.08. The highest BCUT2D eigenvalue weighted by molar-refractivity contribution is 8.77. The molecular weight excluding hydrogens is 194 g/mol. The largest absolute Gasteiger partial charge is 0.462 e. The van der Waals surface area contributed by atoms with Crippen molar-refractivity contribution in [1.29, 1.82) is 0 Å². The Morgan fingerprint density at radius 2 is 2.58 bits per heavy atom. The molecule has 3 nitrogen and oxygen atoms in total. The molecule has 0 aromatic carbocycles. The van der Waals surface area contributed by atoms with Crippen molar-refractivity contribution in [3.8, 4) is 0 Å². The molecule has 0 aliphatic carbocycles. The fourth-order valence-electron chi connectivity index (χ4n) is 1.68. The molecule has 0 amide bonds. The van der Waals surface area contributed by atoms with Crippen LogP contribution in [0, 0.1) is 0 Å². The average Bonchev–Trinajstić information content (AvgIpc) is 2.66. The number of nitrogens with one attached hydrogen (secondary N) is 1. The average molecular weight is 205 g/mol. The molecule has 12 heavy (non-hydrogen) atoms. The zero-order chi connectivity index (χ0) is 8.44. The highest BCUT2D eigenvalue weighted by Crippen LogP contribution is 2.50. The minimum Gasteiger partial charge on any atom is -0.462 e. The first-order valence-electron chi connectivity index (χ1n) is 3.98. The Bertz CT molecular complexity index is 177. The minimum atomic E-state index is 0.111. The van der Waals surface area contributed by atoms with E-state index >= 15 is 0 Å². The van der Waals surface area contributed by atoms with E-state index in [0.29, 0.717) is 6.47 Å². The van der Waals surface area contributed by atoms with Gasteiger partial charge in [0.25, 0.3) is 6.47 Å². The van der Waals surface area contributed by atoms with Gasteiger partial charge in [0, 0.05) is 12.3 Å². The van der Waals surface area contributed by atoms with Gasteiger partial charge in [0.15, 0.2) is 0 Å². The van der Waals surface area contributed by atoms with Crippen molar-refractivity contribution in [2.45, 2.75) is 17.3 Å². The van der Waals surface area contributed by atoms with Crippen molar-refractivity contribution in [3.63, 3.8) is 0 Å². The summed E-state index contributed by atoms with van der Waals surface area (Å²) in [6.07, 6.45) is 1.23. The molecular formula is C7H11NO2S2. The molecule has 2 fully saturated rings. The monoisotopic (exact) mass is 205 g/mol. The summed E-state index contributed by atoms with van der Waals surface area (Å²) in [4.78, 5) is 10.2. The number of hydrogen-bond acceptors (Lipinski definition) is 5. The lowest BCUT2D eigenvalue weighted by Gasteiger charge is -2.25. The van der Waals surface area contributed by atoms with Gasteiger partial charge in [0.1, 0.15) is 6.10 Å². The van der Waals surface area contributed by atoms with Gasteiger partial charge in [-0.3, -0.25) is 4.79 Å². The van der Waals surface area contributed by atoms with Gasteiger partial charge < -0.3 is 10.1 Å². The molecule has 2 atom stereocenters. The Balaban J connectivity index is 2.06. The number of rotatable bonds is 2. The van der Waals surface area contributed by atoms with E-state index in [9.17, 15) is 4.79 Å². The molecule has 2 unspecified atom stereocenters. The van der Waals surface area contributed by atoms with Crippen LogP contribution in [0.25, 0.3) is 0 Å². The van der Waals surface area contributed by atoms with Crippen LogP contribution >= 0.6 is 21.6 Å². The third-order valence-electron chi connectivity index (χ3n) is 2.40. The van der Waals surface area contributed by atoms with Crippen LogP contribution < -0.4 is 5.32 Å². The molecule has 1 N–H and O–H groups in total. The summed E-state index contributed by atoms with van der Waals surface area (Å²) in [7, 11) is 3.68. The van der Waals surface area contributed by atoms with E-state index in [4.69, 9.17) is 4.74 Å². The fraction of sp³-hybridized carbons (Fsp3) is 0.857. The summed E-state index contributed by atoms with van der Waals surface area (Å²) in [5.41, 5.74) is 0. The lowest BCUT2D eigenvalue weighted by molar-refractivity contribution is -0.133. The molecule has 1 spiro atoms. The maximum Gasteiger partial charge on any atom is 0.293 e. The quantitative estimate of drug-likeness (QED) is 0.529. The van der Waals surface area contributed by atoms with Gasteiger partial charge in [-0.1, -0.05) is 21.6 Å². The number of hydrogen-bond donors (Lipinski definition) is 1. The first-order chi connectivity index (χ1) is 5.87. The first kappa shape index (κ1) is 8.72. The number of ether oxygens (including phenoxy) is 1. The van der Waals surface area contributed by atoms with Crippen LogP contribution in [0.2, 0.25) is 0 Å². The molecule has 5 heteroatoms. The van der Waals surface area contributed by atoms with Crippen LogP contribution in [-0.4, -0.2) is 36.2 Å². The van der Waals surface area contributed by atoms with E-state index in [-0.39, 0.29) is 10.9 Å². The minimum absolute atomic E-state index is 0.111. The molecule has 2 aliphatic heterocycles. The molecule has 0 aromatic rings. The molecule has 2 saturated heterocycles. The van der Waals surface area contributed by atoms with Crippen LogP contribution in [0.3, 0.4) is 0 Å². The first-order valence-corrected chi connectivity index (χ1v) is 6.30. The van der Waals surface area contributed by atoms with Crippen molar-refractivity contribution in [2.75, 3.05) is 18.8 Å². The molecule has 0 bridgehead atoms. The van der Waals surface area contributed by atoms with Gasteiger partial charge in [-0.05, 0) is 13.0 Å². The normalized spacial score (nSPS) is 40.5. The van der Waals surface area contributed by atoms with Crippen LogP contribution in [0.5, 0.6) is 0 Å². The topological polar surface area (TPSA) is 38.3 Å². The van der Waals surface area contributed by atoms with Crippen molar-refractivity contribution < 1.29 is 9.53 Å². The van der Waals surface area contributed by atoms with E-state index in [2.05, 4.69) is 5.32 Å². The van der Waals surface area contributed by atoms with Gasteiger partial charge in [-0.15, -0.1) is 0 Å². The zero-order valence-electron chi connectivity index (χ0n) is 6.62. The standard InChI is InChI=1S/C7H11NO2S2/c9-5-10-6-3-11-12-7(6)1-2-8-4-7/h5-6,8H,1-4H2. The Kier molecular flexibility index (Phi) is 2.52. The molecule has 0 radical (unpaired) electrons. The van der Waals surface area contributed by atoms with Crippen molar-refractivity contribution in [3.05, 3.63) is 0 Å². The molecule has 2 rings (SSSR count). The second kappa shape index (κ2) is 3.47. The fourth-order valence-corrected chi connectivity index (χ4v) is 5.23. The summed E-state index contributed by atoms with van der Waals surface area (Å²) < 4.78 is 5.25. The van der Waals surface area contributed by atoms with Crippen LogP contribution in [-0.2, 0) is 9.53 Å². The predicted molar refractivity (Wildman–Crippen MR) is 51.2 cm³/mol. The summed E-state index contributed by atoms with van der Waals surface area (Å²) in [6.45, 7) is 2.60.